The Balaban J connectivity index is 1.68. The van der Waals surface area contributed by atoms with Crippen molar-refractivity contribution in [3.63, 3.8) is 0 Å². The molecule has 1 amide bonds. The van der Waals surface area contributed by atoms with Crippen molar-refractivity contribution in [2.24, 2.45) is 0 Å². The van der Waals surface area contributed by atoms with E-state index in [0.29, 0.717) is 0 Å². The zero-order valence-electron chi connectivity index (χ0n) is 15.6. The number of nitrogens with one attached hydrogen (secondary N) is 1. The van der Waals surface area contributed by atoms with E-state index in [0.717, 1.165) is 22.5 Å². The van der Waals surface area contributed by atoms with Crippen LogP contribution in [0.2, 0.25) is 0 Å². The van der Waals surface area contributed by atoms with Gasteiger partial charge >= 0.3 is 0 Å². The third-order valence-electron chi connectivity index (χ3n) is 4.20. The molecule has 0 aliphatic carbocycles. The number of sulfonamides is 1. The summed E-state index contributed by atoms with van der Waals surface area (Å²) in [5.74, 6) is -1.47. The van der Waals surface area contributed by atoms with Crippen LogP contribution in [0.15, 0.2) is 47.4 Å². The molecule has 12 heteroatoms. The van der Waals surface area contributed by atoms with E-state index in [2.05, 4.69) is 5.32 Å². The predicted molar refractivity (Wildman–Crippen MR) is 103 cm³/mol. The fourth-order valence-corrected chi connectivity index (χ4v) is 4.24. The van der Waals surface area contributed by atoms with Crippen LogP contribution in [0.1, 0.15) is 0 Å². The van der Waals surface area contributed by atoms with Gasteiger partial charge in [-0.25, -0.2) is 12.8 Å². The summed E-state index contributed by atoms with van der Waals surface area (Å²) >= 11 is 0. The highest BCUT2D eigenvalue weighted by molar-refractivity contribution is 7.89. The average molecular weight is 439 g/mol. The van der Waals surface area contributed by atoms with Gasteiger partial charge in [-0.05, 0) is 24.3 Å². The largest absolute Gasteiger partial charge is 0.484 e. The molecule has 2 aromatic carbocycles. The maximum absolute atomic E-state index is 14.2. The van der Waals surface area contributed by atoms with Gasteiger partial charge < -0.3 is 14.8 Å². The Morgan fingerprint density at radius 2 is 1.97 bits per heavy atom. The smallest absolute Gasteiger partial charge is 0.273 e. The van der Waals surface area contributed by atoms with Crippen LogP contribution in [0.5, 0.6) is 5.75 Å². The number of carbonyl (C=O) groups excluding carboxylic acids is 1. The van der Waals surface area contributed by atoms with Gasteiger partial charge in [-0.1, -0.05) is 6.07 Å². The number of nitro benzene ring substituents is 1. The van der Waals surface area contributed by atoms with Crippen molar-refractivity contribution in [2.45, 2.75) is 4.90 Å². The second-order valence-corrected chi connectivity index (χ2v) is 8.16. The molecule has 0 spiro atoms. The van der Waals surface area contributed by atoms with Gasteiger partial charge in [-0.2, -0.15) is 4.31 Å². The molecule has 0 bridgehead atoms. The lowest BCUT2D eigenvalue weighted by molar-refractivity contribution is -0.384. The Morgan fingerprint density at radius 1 is 1.23 bits per heavy atom. The molecule has 2 aromatic rings. The Bertz CT molecular complexity index is 1060. The Morgan fingerprint density at radius 3 is 2.67 bits per heavy atom. The van der Waals surface area contributed by atoms with Crippen LogP contribution in [0.25, 0.3) is 0 Å². The van der Waals surface area contributed by atoms with E-state index < -0.39 is 38.2 Å². The van der Waals surface area contributed by atoms with Crippen LogP contribution in [-0.4, -0.2) is 56.5 Å². The van der Waals surface area contributed by atoms with Gasteiger partial charge in [-0.3, -0.25) is 14.9 Å². The van der Waals surface area contributed by atoms with Crippen LogP contribution in [0, 0.1) is 15.9 Å². The number of nitro groups is 1. The maximum Gasteiger partial charge on any atom is 0.273 e. The van der Waals surface area contributed by atoms with Crippen LogP contribution >= 0.6 is 0 Å². The molecule has 30 heavy (non-hydrogen) atoms. The highest BCUT2D eigenvalue weighted by atomic mass is 32.2. The van der Waals surface area contributed by atoms with Crippen molar-refractivity contribution in [1.29, 1.82) is 0 Å². The minimum atomic E-state index is -4.09. The number of carbonyl (C=O) groups is 1. The number of non-ortho nitro benzene ring substituents is 1. The van der Waals surface area contributed by atoms with Gasteiger partial charge in [-0.15, -0.1) is 0 Å². The molecule has 1 saturated heterocycles. The third-order valence-corrected chi connectivity index (χ3v) is 6.11. The van der Waals surface area contributed by atoms with Crippen LogP contribution in [0.3, 0.4) is 0 Å². The topological polar surface area (TPSA) is 128 Å². The van der Waals surface area contributed by atoms with E-state index in [1.165, 1.54) is 24.3 Å². The summed E-state index contributed by atoms with van der Waals surface area (Å²) in [6.45, 7) is 0.160. The minimum Gasteiger partial charge on any atom is -0.484 e. The Hall–Kier alpha value is -3.09. The Kier molecular flexibility index (Phi) is 6.59. The van der Waals surface area contributed by atoms with E-state index in [1.54, 1.807) is 0 Å². The lowest BCUT2D eigenvalue weighted by atomic mass is 10.3. The molecule has 0 aromatic heterocycles. The molecule has 0 radical (unpaired) electrons. The lowest BCUT2D eigenvalue weighted by Gasteiger charge is -2.26. The second kappa shape index (κ2) is 9.15. The monoisotopic (exact) mass is 439 g/mol. The summed E-state index contributed by atoms with van der Waals surface area (Å²) < 4.78 is 51.0. The van der Waals surface area contributed by atoms with Gasteiger partial charge in [0.25, 0.3) is 11.6 Å². The Labute approximate surface area is 171 Å². The highest BCUT2D eigenvalue weighted by Crippen LogP contribution is 2.24. The molecule has 0 unspecified atom stereocenters. The molecule has 1 fully saturated rings. The third kappa shape index (κ3) is 5.09. The average Bonchev–Trinajstić information content (AvgIpc) is 2.74. The number of halogens is 1. The van der Waals surface area contributed by atoms with Crippen molar-refractivity contribution < 1.29 is 32.0 Å². The van der Waals surface area contributed by atoms with Crippen LogP contribution in [-0.2, 0) is 19.6 Å². The van der Waals surface area contributed by atoms with Gasteiger partial charge in [0.05, 0.1) is 24.2 Å². The van der Waals surface area contributed by atoms with Crippen LogP contribution < -0.4 is 10.1 Å². The van der Waals surface area contributed by atoms with Crippen LogP contribution in [0.4, 0.5) is 15.8 Å². The van der Waals surface area contributed by atoms with Gasteiger partial charge in [0.15, 0.2) is 6.61 Å². The SMILES string of the molecule is O=C(COc1cccc([N+](=O)[O-])c1)Nc1ccc(F)c(S(=O)(=O)N2CCOCC2)c1. The molecule has 0 atom stereocenters. The lowest BCUT2D eigenvalue weighted by Crippen LogP contribution is -2.40. The molecule has 1 aliphatic rings. The summed E-state index contributed by atoms with van der Waals surface area (Å²) in [5.41, 5.74) is -0.125. The first-order valence-corrected chi connectivity index (χ1v) is 10.3. The standard InChI is InChI=1S/C18H18FN3O7S/c19-16-5-4-13(10-17(16)30(26,27)21-6-8-28-9-7-21)20-18(23)12-29-15-3-1-2-14(11-15)22(24)25/h1-5,10-11H,6-9,12H2,(H,20,23). The summed E-state index contributed by atoms with van der Waals surface area (Å²) in [6, 6.07) is 8.51. The van der Waals surface area contributed by atoms with E-state index in [9.17, 15) is 27.7 Å². The van der Waals surface area contributed by atoms with Crippen molar-refractivity contribution in [3.05, 3.63) is 58.4 Å². The quantitative estimate of drug-likeness (QED) is 0.514. The number of morpholine rings is 1. The molecule has 3 rings (SSSR count). The number of anilines is 1. The number of amides is 1. The summed E-state index contributed by atoms with van der Waals surface area (Å²) in [7, 11) is -4.09. The van der Waals surface area contributed by atoms with E-state index >= 15 is 0 Å². The first kappa shape index (κ1) is 21.6. The van der Waals surface area contributed by atoms with Crippen molar-refractivity contribution in [3.8, 4) is 5.75 Å². The molecule has 0 saturated carbocycles. The highest BCUT2D eigenvalue weighted by Gasteiger charge is 2.29. The summed E-state index contributed by atoms with van der Waals surface area (Å²) in [6.07, 6.45) is 0. The summed E-state index contributed by atoms with van der Waals surface area (Å²) in [4.78, 5) is 21.7. The fraction of sp³-hybridized carbons (Fsp3) is 0.278. The van der Waals surface area contributed by atoms with Crippen molar-refractivity contribution in [1.82, 2.24) is 4.31 Å². The molecular formula is C18H18FN3O7S. The maximum atomic E-state index is 14.2. The number of ether oxygens (including phenoxy) is 2. The van der Waals surface area contributed by atoms with Crippen molar-refractivity contribution >= 4 is 27.3 Å². The minimum absolute atomic E-state index is 0.0656. The number of benzene rings is 2. The number of hydrogen-bond acceptors (Lipinski definition) is 7. The van der Waals surface area contributed by atoms with Gasteiger partial charge in [0.2, 0.25) is 10.0 Å². The normalized spacial score (nSPS) is 14.8. The molecular weight excluding hydrogens is 421 g/mol. The zero-order chi connectivity index (χ0) is 21.7. The molecule has 160 valence electrons. The number of hydrogen-bond donors (Lipinski definition) is 1. The molecule has 1 aliphatic heterocycles. The molecule has 10 nitrogen and oxygen atoms in total. The van der Waals surface area contributed by atoms with E-state index in [4.69, 9.17) is 9.47 Å². The summed E-state index contributed by atoms with van der Waals surface area (Å²) in [5, 5.41) is 13.2. The number of nitrogens with zero attached hydrogens (tertiary/aromatic N) is 2. The predicted octanol–water partition coefficient (Wildman–Crippen LogP) is 1.77. The molecule has 1 N–H and O–H groups in total. The van der Waals surface area contributed by atoms with Gasteiger partial charge in [0, 0.05) is 24.8 Å². The second-order valence-electron chi connectivity index (χ2n) is 6.25. The number of rotatable bonds is 7. The first-order chi connectivity index (χ1) is 14.3. The molecule has 1 heterocycles. The van der Waals surface area contributed by atoms with E-state index in [-0.39, 0.29) is 43.4 Å². The van der Waals surface area contributed by atoms with Gasteiger partial charge in [0.1, 0.15) is 16.5 Å². The zero-order valence-corrected chi connectivity index (χ0v) is 16.4. The first-order valence-electron chi connectivity index (χ1n) is 8.82. The fourth-order valence-electron chi connectivity index (χ4n) is 2.74. The van der Waals surface area contributed by atoms with E-state index in [1.807, 2.05) is 0 Å². The van der Waals surface area contributed by atoms with Crippen molar-refractivity contribution in [2.75, 3.05) is 38.2 Å².